The average molecular weight is 251 g/mol. The number of benzene rings is 1. The van der Waals surface area contributed by atoms with Gasteiger partial charge in [-0.2, -0.15) is 0 Å². The van der Waals surface area contributed by atoms with E-state index in [-0.39, 0.29) is 0 Å². The number of methoxy groups -OCH3 is 2. The van der Waals surface area contributed by atoms with Gasteiger partial charge in [-0.25, -0.2) is 0 Å². The molecule has 0 atom stereocenters. The minimum atomic E-state index is 0.484. The Morgan fingerprint density at radius 2 is 2.17 bits per heavy atom. The largest absolute Gasteiger partial charge is 0.497 e. The quantitative estimate of drug-likeness (QED) is 0.538. The molecular formula is C14H21NO3. The summed E-state index contributed by atoms with van der Waals surface area (Å²) >= 11 is 0. The Balaban J connectivity index is 2.65. The number of hydrogen-bond donors (Lipinski definition) is 1. The molecule has 0 amide bonds. The number of ether oxygens (including phenoxy) is 3. The second-order valence-electron chi connectivity index (χ2n) is 3.74. The van der Waals surface area contributed by atoms with Gasteiger partial charge in [-0.1, -0.05) is 18.7 Å². The van der Waals surface area contributed by atoms with Gasteiger partial charge in [-0.15, -0.1) is 0 Å². The van der Waals surface area contributed by atoms with E-state index in [1.165, 1.54) is 0 Å². The van der Waals surface area contributed by atoms with Crippen molar-refractivity contribution in [3.8, 4) is 11.5 Å². The summed E-state index contributed by atoms with van der Waals surface area (Å²) < 4.78 is 15.8. The van der Waals surface area contributed by atoms with Gasteiger partial charge in [0.05, 0.1) is 13.7 Å². The normalized spacial score (nSPS) is 10.1. The van der Waals surface area contributed by atoms with Crippen molar-refractivity contribution < 1.29 is 14.2 Å². The first-order chi connectivity index (χ1) is 8.81. The summed E-state index contributed by atoms with van der Waals surface area (Å²) in [4.78, 5) is 0. The van der Waals surface area contributed by atoms with Gasteiger partial charge >= 0.3 is 0 Å². The topological polar surface area (TPSA) is 39.7 Å². The Bertz CT molecular complexity index is 366. The molecule has 0 unspecified atom stereocenters. The molecular weight excluding hydrogens is 230 g/mol. The van der Waals surface area contributed by atoms with Crippen molar-refractivity contribution in [2.45, 2.75) is 6.54 Å². The highest BCUT2D eigenvalue weighted by atomic mass is 16.5. The highest BCUT2D eigenvalue weighted by Gasteiger charge is 2.05. The van der Waals surface area contributed by atoms with Crippen molar-refractivity contribution in [1.29, 1.82) is 0 Å². The van der Waals surface area contributed by atoms with Gasteiger partial charge < -0.3 is 19.5 Å². The fraction of sp³-hybridized carbons (Fsp3) is 0.429. The van der Waals surface area contributed by atoms with Crippen LogP contribution in [0, 0.1) is 0 Å². The third-order valence-electron chi connectivity index (χ3n) is 2.43. The van der Waals surface area contributed by atoms with Gasteiger partial charge in [0, 0.05) is 31.8 Å². The molecule has 0 radical (unpaired) electrons. The summed E-state index contributed by atoms with van der Waals surface area (Å²) in [7, 11) is 3.33. The van der Waals surface area contributed by atoms with Crippen LogP contribution in [0.3, 0.4) is 0 Å². The molecule has 0 spiro atoms. The lowest BCUT2D eigenvalue weighted by Gasteiger charge is -2.12. The first-order valence-electron chi connectivity index (χ1n) is 5.92. The predicted octanol–water partition coefficient (Wildman–Crippen LogP) is 2.00. The molecule has 18 heavy (non-hydrogen) atoms. The number of hydrogen-bond acceptors (Lipinski definition) is 4. The van der Waals surface area contributed by atoms with Crippen LogP contribution in [0.1, 0.15) is 5.56 Å². The van der Waals surface area contributed by atoms with Crippen molar-refractivity contribution in [3.63, 3.8) is 0 Å². The van der Waals surface area contributed by atoms with E-state index in [4.69, 9.17) is 14.2 Å². The summed E-state index contributed by atoms with van der Waals surface area (Å²) in [5.41, 5.74) is 1.09. The molecule has 0 aliphatic heterocycles. The van der Waals surface area contributed by atoms with Crippen LogP contribution in [0.5, 0.6) is 11.5 Å². The summed E-state index contributed by atoms with van der Waals surface area (Å²) in [6.07, 6.45) is 1.72. The van der Waals surface area contributed by atoms with Gasteiger partial charge in [0.2, 0.25) is 0 Å². The maximum Gasteiger partial charge on any atom is 0.127 e. The van der Waals surface area contributed by atoms with Crippen molar-refractivity contribution in [1.82, 2.24) is 5.32 Å². The summed E-state index contributed by atoms with van der Waals surface area (Å²) in [5.74, 6) is 1.61. The standard InChI is InChI=1S/C14H21NO3/c1-4-8-18-14-10-13(17-3)6-5-12(14)11-15-7-9-16-2/h4-6,10,15H,1,7-9,11H2,2-3H3. The highest BCUT2D eigenvalue weighted by Crippen LogP contribution is 2.24. The SMILES string of the molecule is C=CCOc1cc(OC)ccc1CNCCOC. The van der Waals surface area contributed by atoms with Crippen molar-refractivity contribution in [3.05, 3.63) is 36.4 Å². The molecule has 1 aromatic carbocycles. The lowest BCUT2D eigenvalue weighted by atomic mass is 10.2. The molecule has 100 valence electrons. The van der Waals surface area contributed by atoms with Crippen molar-refractivity contribution in [2.24, 2.45) is 0 Å². The smallest absolute Gasteiger partial charge is 0.127 e. The molecule has 0 saturated carbocycles. The van der Waals surface area contributed by atoms with Crippen LogP contribution in [-0.4, -0.2) is 34.0 Å². The molecule has 0 fully saturated rings. The Labute approximate surface area is 109 Å². The fourth-order valence-electron chi connectivity index (χ4n) is 1.49. The summed E-state index contributed by atoms with van der Waals surface area (Å²) in [6.45, 7) is 6.37. The average Bonchev–Trinajstić information content (AvgIpc) is 2.42. The van der Waals surface area contributed by atoms with E-state index >= 15 is 0 Å². The molecule has 1 aromatic rings. The third kappa shape index (κ3) is 4.77. The van der Waals surface area contributed by atoms with E-state index < -0.39 is 0 Å². The van der Waals surface area contributed by atoms with E-state index in [0.29, 0.717) is 13.2 Å². The van der Waals surface area contributed by atoms with Crippen LogP contribution in [0.4, 0.5) is 0 Å². The molecule has 1 rings (SSSR count). The molecule has 1 N–H and O–H groups in total. The minimum absolute atomic E-state index is 0.484. The monoisotopic (exact) mass is 251 g/mol. The number of rotatable bonds is 9. The molecule has 0 bridgehead atoms. The lowest BCUT2D eigenvalue weighted by Crippen LogP contribution is -2.19. The minimum Gasteiger partial charge on any atom is -0.497 e. The van der Waals surface area contributed by atoms with Gasteiger partial charge in [0.15, 0.2) is 0 Å². The summed E-state index contributed by atoms with van der Waals surface area (Å²) in [5, 5.41) is 3.29. The van der Waals surface area contributed by atoms with Crippen LogP contribution < -0.4 is 14.8 Å². The predicted molar refractivity (Wildman–Crippen MR) is 72.3 cm³/mol. The van der Waals surface area contributed by atoms with Crippen LogP contribution in [0.25, 0.3) is 0 Å². The molecule has 0 aliphatic carbocycles. The Morgan fingerprint density at radius 1 is 1.33 bits per heavy atom. The maximum atomic E-state index is 5.62. The van der Waals surface area contributed by atoms with Gasteiger partial charge in [-0.05, 0) is 6.07 Å². The van der Waals surface area contributed by atoms with E-state index in [1.54, 1.807) is 20.3 Å². The fourth-order valence-corrected chi connectivity index (χ4v) is 1.49. The first-order valence-corrected chi connectivity index (χ1v) is 5.92. The van der Waals surface area contributed by atoms with Crippen LogP contribution in [0.15, 0.2) is 30.9 Å². The van der Waals surface area contributed by atoms with Crippen LogP contribution in [0.2, 0.25) is 0 Å². The lowest BCUT2D eigenvalue weighted by molar-refractivity contribution is 0.199. The summed E-state index contributed by atoms with van der Waals surface area (Å²) in [6, 6.07) is 5.81. The molecule has 0 heterocycles. The first kappa shape index (κ1) is 14.5. The Hall–Kier alpha value is -1.52. The Morgan fingerprint density at radius 3 is 2.83 bits per heavy atom. The van der Waals surface area contributed by atoms with E-state index in [1.807, 2.05) is 18.2 Å². The Kier molecular flexibility index (Phi) is 6.91. The molecule has 0 aromatic heterocycles. The maximum absolute atomic E-state index is 5.62. The highest BCUT2D eigenvalue weighted by molar-refractivity contribution is 5.40. The molecule has 4 heteroatoms. The van der Waals surface area contributed by atoms with Gasteiger partial charge in [-0.3, -0.25) is 0 Å². The van der Waals surface area contributed by atoms with Crippen LogP contribution >= 0.6 is 0 Å². The van der Waals surface area contributed by atoms with Gasteiger partial charge in [0.25, 0.3) is 0 Å². The van der Waals surface area contributed by atoms with E-state index in [2.05, 4.69) is 11.9 Å². The van der Waals surface area contributed by atoms with Crippen molar-refractivity contribution >= 4 is 0 Å². The van der Waals surface area contributed by atoms with E-state index in [0.717, 1.165) is 30.2 Å². The molecule has 0 saturated heterocycles. The van der Waals surface area contributed by atoms with Crippen molar-refractivity contribution in [2.75, 3.05) is 34.0 Å². The zero-order valence-corrected chi connectivity index (χ0v) is 11.1. The molecule has 4 nitrogen and oxygen atoms in total. The number of nitrogens with one attached hydrogen (secondary N) is 1. The zero-order valence-electron chi connectivity index (χ0n) is 11.1. The van der Waals surface area contributed by atoms with Gasteiger partial charge in [0.1, 0.15) is 18.1 Å². The van der Waals surface area contributed by atoms with E-state index in [9.17, 15) is 0 Å². The van der Waals surface area contributed by atoms with Crippen LogP contribution in [-0.2, 0) is 11.3 Å². The third-order valence-corrected chi connectivity index (χ3v) is 2.43. The molecule has 0 aliphatic rings. The zero-order chi connectivity index (χ0) is 13.2. The second kappa shape index (κ2) is 8.55. The second-order valence-corrected chi connectivity index (χ2v) is 3.74.